The number of halogens is 4. The monoisotopic (exact) mass is 334 g/mol. The van der Waals surface area contributed by atoms with Gasteiger partial charge in [0.15, 0.2) is 11.6 Å². The summed E-state index contributed by atoms with van der Waals surface area (Å²) in [6, 6.07) is 1.11. The van der Waals surface area contributed by atoms with Crippen molar-refractivity contribution in [1.82, 2.24) is 0 Å². The Morgan fingerprint density at radius 2 is 2.00 bits per heavy atom. The fraction of sp³-hybridized carbons (Fsp3) is 0.250. The average Bonchev–Trinajstić information content (AvgIpc) is 2.12. The lowest BCUT2D eigenvalue weighted by Crippen LogP contribution is -2.03. The topological polar surface area (TPSA) is 43.4 Å². The molecule has 0 atom stereocenters. The van der Waals surface area contributed by atoms with E-state index in [1.165, 1.54) is 7.11 Å². The lowest BCUT2D eigenvalue weighted by Gasteiger charge is -2.08. The number of benzene rings is 1. The van der Waals surface area contributed by atoms with Crippen LogP contribution in [0.1, 0.15) is 5.56 Å². The van der Waals surface area contributed by atoms with Crippen molar-refractivity contribution < 1.29 is 21.9 Å². The predicted molar refractivity (Wildman–Crippen MR) is 59.1 cm³/mol. The summed E-state index contributed by atoms with van der Waals surface area (Å²) in [5.41, 5.74) is -0.361. The third-order valence-electron chi connectivity index (χ3n) is 1.72. The van der Waals surface area contributed by atoms with E-state index < -0.39 is 26.4 Å². The summed E-state index contributed by atoms with van der Waals surface area (Å²) in [7, 11) is 2.17. The Hall–Kier alpha value is -0.400. The van der Waals surface area contributed by atoms with Crippen molar-refractivity contribution in [1.29, 1.82) is 0 Å². The molecule has 0 amide bonds. The van der Waals surface area contributed by atoms with Gasteiger partial charge in [0.25, 0.3) is 0 Å². The van der Waals surface area contributed by atoms with Crippen LogP contribution in [0.25, 0.3) is 0 Å². The normalized spacial score (nSPS) is 11.6. The molecule has 90 valence electrons. The van der Waals surface area contributed by atoms with Gasteiger partial charge in [-0.25, -0.2) is 12.8 Å². The average molecular weight is 336 g/mol. The molecule has 0 aliphatic carbocycles. The summed E-state index contributed by atoms with van der Waals surface area (Å²) < 4.78 is 52.9. The fourth-order valence-corrected chi connectivity index (χ4v) is 2.65. The smallest absolute Gasteiger partial charge is 0.236 e. The van der Waals surface area contributed by atoms with Gasteiger partial charge < -0.3 is 4.74 Å². The van der Waals surface area contributed by atoms with Gasteiger partial charge in [0.1, 0.15) is 0 Å². The van der Waals surface area contributed by atoms with Crippen LogP contribution in [0.15, 0.2) is 10.5 Å². The Balaban J connectivity index is 3.34. The highest BCUT2D eigenvalue weighted by Crippen LogP contribution is 2.32. The molecule has 0 spiro atoms. The number of hydrogen-bond acceptors (Lipinski definition) is 3. The van der Waals surface area contributed by atoms with Crippen LogP contribution in [-0.2, 0) is 14.8 Å². The first-order valence-electron chi connectivity index (χ1n) is 3.89. The van der Waals surface area contributed by atoms with Gasteiger partial charge in [-0.2, -0.15) is 4.39 Å². The third kappa shape index (κ3) is 3.05. The Bertz CT molecular complexity index is 519. The minimum Gasteiger partial charge on any atom is -0.492 e. The van der Waals surface area contributed by atoms with Crippen LogP contribution >= 0.6 is 26.6 Å². The van der Waals surface area contributed by atoms with Crippen molar-refractivity contribution in [2.45, 2.75) is 5.75 Å². The third-order valence-corrected chi connectivity index (χ3v) is 3.30. The molecule has 8 heteroatoms. The molecule has 0 saturated carbocycles. The molecule has 0 fully saturated rings. The molecular weight excluding hydrogens is 330 g/mol. The van der Waals surface area contributed by atoms with Gasteiger partial charge >= 0.3 is 0 Å². The van der Waals surface area contributed by atoms with Crippen molar-refractivity contribution >= 4 is 35.7 Å². The van der Waals surface area contributed by atoms with Crippen molar-refractivity contribution in [3.05, 3.63) is 27.7 Å². The molecule has 0 aliphatic rings. The highest BCUT2D eigenvalue weighted by atomic mass is 79.9. The number of rotatable bonds is 3. The van der Waals surface area contributed by atoms with Gasteiger partial charge in [0.2, 0.25) is 14.9 Å². The first kappa shape index (κ1) is 13.7. The second kappa shape index (κ2) is 4.85. The van der Waals surface area contributed by atoms with E-state index in [2.05, 4.69) is 20.7 Å². The quantitative estimate of drug-likeness (QED) is 0.630. The molecular formula is C8H6BrClF2O3S. The zero-order valence-corrected chi connectivity index (χ0v) is 11.1. The van der Waals surface area contributed by atoms with Crippen LogP contribution in [0, 0.1) is 11.6 Å². The van der Waals surface area contributed by atoms with E-state index in [-0.39, 0.29) is 15.8 Å². The van der Waals surface area contributed by atoms with E-state index in [1.807, 2.05) is 0 Å². The zero-order chi connectivity index (χ0) is 12.5. The van der Waals surface area contributed by atoms with E-state index in [0.29, 0.717) is 0 Å². The lowest BCUT2D eigenvalue weighted by atomic mass is 10.2. The van der Waals surface area contributed by atoms with E-state index in [1.54, 1.807) is 0 Å². The molecule has 0 aromatic heterocycles. The largest absolute Gasteiger partial charge is 0.492 e. The van der Waals surface area contributed by atoms with E-state index in [9.17, 15) is 17.2 Å². The second-order valence-corrected chi connectivity index (χ2v) is 6.49. The van der Waals surface area contributed by atoms with E-state index >= 15 is 0 Å². The number of hydrogen-bond donors (Lipinski definition) is 0. The van der Waals surface area contributed by atoms with E-state index in [4.69, 9.17) is 10.7 Å². The minimum atomic E-state index is -3.95. The van der Waals surface area contributed by atoms with Crippen LogP contribution < -0.4 is 4.74 Å². The highest BCUT2D eigenvalue weighted by Gasteiger charge is 2.21. The molecule has 0 aliphatic heterocycles. The lowest BCUT2D eigenvalue weighted by molar-refractivity contribution is 0.368. The summed E-state index contributed by atoms with van der Waals surface area (Å²) in [5, 5.41) is 0. The maximum Gasteiger partial charge on any atom is 0.236 e. The van der Waals surface area contributed by atoms with Crippen LogP contribution in [0.3, 0.4) is 0 Å². The van der Waals surface area contributed by atoms with Crippen LogP contribution in [-0.4, -0.2) is 15.5 Å². The van der Waals surface area contributed by atoms with Crippen molar-refractivity contribution in [2.75, 3.05) is 7.11 Å². The maximum absolute atomic E-state index is 13.4. The van der Waals surface area contributed by atoms with Gasteiger partial charge in [0.05, 0.1) is 17.3 Å². The van der Waals surface area contributed by atoms with Gasteiger partial charge in [-0.1, -0.05) is 0 Å². The molecule has 0 radical (unpaired) electrons. The summed E-state index contributed by atoms with van der Waals surface area (Å²) in [6.45, 7) is 0. The molecule has 1 aromatic carbocycles. The number of methoxy groups -OCH3 is 1. The Labute approximate surface area is 104 Å². The van der Waals surface area contributed by atoms with E-state index in [0.717, 1.165) is 6.07 Å². The molecule has 1 rings (SSSR count). The Morgan fingerprint density at radius 3 is 2.44 bits per heavy atom. The maximum atomic E-state index is 13.4. The van der Waals surface area contributed by atoms with Crippen LogP contribution in [0.4, 0.5) is 8.78 Å². The molecule has 0 saturated heterocycles. The zero-order valence-electron chi connectivity index (χ0n) is 7.93. The Morgan fingerprint density at radius 1 is 1.44 bits per heavy atom. The fourth-order valence-electron chi connectivity index (χ4n) is 1.11. The van der Waals surface area contributed by atoms with Crippen LogP contribution in [0.2, 0.25) is 0 Å². The molecule has 0 unspecified atom stereocenters. The Kier molecular flexibility index (Phi) is 4.14. The summed E-state index contributed by atoms with van der Waals surface area (Å²) >= 11 is 2.93. The standard InChI is InChI=1S/C8H6BrClF2O3S/c1-15-8-5(9)2-4(3-16(10,13)14)6(11)7(8)12/h2H,3H2,1H3. The summed E-state index contributed by atoms with van der Waals surface area (Å²) in [5.74, 6) is -3.66. The van der Waals surface area contributed by atoms with Gasteiger partial charge in [-0.05, 0) is 22.0 Å². The van der Waals surface area contributed by atoms with Crippen molar-refractivity contribution in [2.24, 2.45) is 0 Å². The molecule has 1 aromatic rings. The first-order chi connectivity index (χ1) is 7.26. The predicted octanol–water partition coefficient (Wildman–Crippen LogP) is 2.80. The first-order valence-corrected chi connectivity index (χ1v) is 7.16. The summed E-state index contributed by atoms with van der Waals surface area (Å²) in [6.07, 6.45) is 0. The SMILES string of the molecule is COc1c(Br)cc(CS(=O)(=O)Cl)c(F)c1F. The van der Waals surface area contributed by atoms with Gasteiger partial charge in [-0.15, -0.1) is 0 Å². The van der Waals surface area contributed by atoms with Crippen molar-refractivity contribution in [3.8, 4) is 5.75 Å². The molecule has 3 nitrogen and oxygen atoms in total. The van der Waals surface area contributed by atoms with Gasteiger partial charge in [0, 0.05) is 16.2 Å². The highest BCUT2D eigenvalue weighted by molar-refractivity contribution is 9.10. The second-order valence-electron chi connectivity index (χ2n) is 2.86. The minimum absolute atomic E-state index is 0.115. The molecule has 0 bridgehead atoms. The molecule has 0 heterocycles. The molecule has 16 heavy (non-hydrogen) atoms. The van der Waals surface area contributed by atoms with Crippen molar-refractivity contribution in [3.63, 3.8) is 0 Å². The molecule has 0 N–H and O–H groups in total. The number of ether oxygens (including phenoxy) is 1. The van der Waals surface area contributed by atoms with Gasteiger partial charge in [-0.3, -0.25) is 0 Å². The summed E-state index contributed by atoms with van der Waals surface area (Å²) in [4.78, 5) is 0. The van der Waals surface area contributed by atoms with Crippen LogP contribution in [0.5, 0.6) is 5.75 Å².